The molecule has 0 fully saturated rings. The summed E-state index contributed by atoms with van der Waals surface area (Å²) in [6.07, 6.45) is 0. The average molecular weight is 310 g/mol. The van der Waals surface area contributed by atoms with Gasteiger partial charge in [0.25, 0.3) is 5.88 Å². The van der Waals surface area contributed by atoms with Crippen molar-refractivity contribution in [2.75, 3.05) is 0 Å². The highest BCUT2D eigenvalue weighted by Gasteiger charge is 2.23. The molecule has 2 heterocycles. The summed E-state index contributed by atoms with van der Waals surface area (Å²) in [5.74, 6) is -0.405. The molecule has 1 N–H and O–H groups in total. The third kappa shape index (κ3) is 1.93. The van der Waals surface area contributed by atoms with Crippen molar-refractivity contribution in [2.24, 2.45) is 0 Å². The molecular weight excluding hydrogens is 300 g/mol. The van der Waals surface area contributed by atoms with Crippen molar-refractivity contribution in [1.29, 1.82) is 0 Å². The standard InChI is InChI=1S/C16H10N2O3S/c19-15(20)13-14(21-10-6-2-1-3-7-10)17-16-18(13)11-8-4-5-9-12(11)22-16/h1-9H,(H,19,20). The molecule has 5 nitrogen and oxygen atoms in total. The minimum absolute atomic E-state index is 0.0382. The summed E-state index contributed by atoms with van der Waals surface area (Å²) < 4.78 is 8.27. The van der Waals surface area contributed by atoms with E-state index in [1.54, 1.807) is 16.5 Å². The van der Waals surface area contributed by atoms with Gasteiger partial charge in [0, 0.05) is 0 Å². The molecule has 0 amide bonds. The zero-order chi connectivity index (χ0) is 15.1. The topological polar surface area (TPSA) is 63.8 Å². The first kappa shape index (κ1) is 12.8. The van der Waals surface area contributed by atoms with Crippen LogP contribution in [0.3, 0.4) is 0 Å². The number of benzene rings is 2. The fourth-order valence-electron chi connectivity index (χ4n) is 2.36. The monoisotopic (exact) mass is 310 g/mol. The maximum absolute atomic E-state index is 11.7. The summed E-state index contributed by atoms with van der Waals surface area (Å²) in [7, 11) is 0. The van der Waals surface area contributed by atoms with Crippen LogP contribution in [0.4, 0.5) is 0 Å². The number of carbonyl (C=O) groups is 1. The molecule has 4 rings (SSSR count). The van der Waals surface area contributed by atoms with Gasteiger partial charge in [0.2, 0.25) is 0 Å². The van der Waals surface area contributed by atoms with Crippen LogP contribution in [0.15, 0.2) is 54.6 Å². The molecule has 6 heteroatoms. The molecule has 0 saturated heterocycles. The molecule has 0 radical (unpaired) electrons. The summed E-state index contributed by atoms with van der Waals surface area (Å²) in [6, 6.07) is 16.6. The highest BCUT2D eigenvalue weighted by molar-refractivity contribution is 7.23. The van der Waals surface area contributed by atoms with E-state index in [0.717, 1.165) is 10.2 Å². The third-order valence-corrected chi connectivity index (χ3v) is 4.30. The quantitative estimate of drug-likeness (QED) is 0.620. The smallest absolute Gasteiger partial charge is 0.358 e. The minimum Gasteiger partial charge on any atom is -0.476 e. The van der Waals surface area contributed by atoms with Gasteiger partial charge in [-0.3, -0.25) is 4.40 Å². The Morgan fingerprint density at radius 3 is 2.59 bits per heavy atom. The van der Waals surface area contributed by atoms with Gasteiger partial charge in [-0.1, -0.05) is 41.7 Å². The highest BCUT2D eigenvalue weighted by atomic mass is 32.1. The molecule has 0 unspecified atom stereocenters. The number of aromatic carboxylic acids is 1. The Morgan fingerprint density at radius 1 is 1.09 bits per heavy atom. The van der Waals surface area contributed by atoms with Gasteiger partial charge in [0.05, 0.1) is 10.2 Å². The van der Waals surface area contributed by atoms with E-state index >= 15 is 0 Å². The fourth-order valence-corrected chi connectivity index (χ4v) is 3.37. The van der Waals surface area contributed by atoms with Crippen LogP contribution in [0, 0.1) is 0 Å². The second-order valence-electron chi connectivity index (χ2n) is 4.67. The Hall–Kier alpha value is -2.86. The van der Waals surface area contributed by atoms with Crippen LogP contribution >= 0.6 is 11.3 Å². The molecule has 0 atom stereocenters. The van der Waals surface area contributed by atoms with Gasteiger partial charge in [-0.25, -0.2) is 4.79 Å². The van der Waals surface area contributed by atoms with E-state index < -0.39 is 5.97 Å². The van der Waals surface area contributed by atoms with Gasteiger partial charge in [-0.05, 0) is 24.3 Å². The Balaban J connectivity index is 1.95. The SMILES string of the molecule is O=C(O)c1c(Oc2ccccc2)nc2sc3ccccc3n12. The summed E-state index contributed by atoms with van der Waals surface area (Å²) >= 11 is 1.43. The number of hydrogen-bond acceptors (Lipinski definition) is 4. The molecule has 4 aromatic rings. The van der Waals surface area contributed by atoms with E-state index in [2.05, 4.69) is 4.98 Å². The van der Waals surface area contributed by atoms with Crippen LogP contribution in [-0.4, -0.2) is 20.5 Å². The van der Waals surface area contributed by atoms with Gasteiger partial charge >= 0.3 is 5.97 Å². The van der Waals surface area contributed by atoms with E-state index in [9.17, 15) is 9.90 Å². The number of carboxylic acid groups (broad SMARTS) is 1. The first-order chi connectivity index (χ1) is 10.7. The largest absolute Gasteiger partial charge is 0.476 e. The maximum atomic E-state index is 11.7. The first-order valence-electron chi connectivity index (χ1n) is 6.60. The summed E-state index contributed by atoms with van der Waals surface area (Å²) in [5.41, 5.74) is 0.853. The number of hydrogen-bond donors (Lipinski definition) is 1. The van der Waals surface area contributed by atoms with E-state index in [1.165, 1.54) is 11.3 Å². The van der Waals surface area contributed by atoms with E-state index in [-0.39, 0.29) is 11.6 Å². The molecule has 22 heavy (non-hydrogen) atoms. The second kappa shape index (κ2) is 4.85. The van der Waals surface area contributed by atoms with E-state index in [4.69, 9.17) is 4.74 Å². The van der Waals surface area contributed by atoms with Crippen molar-refractivity contribution in [3.05, 3.63) is 60.3 Å². The van der Waals surface area contributed by atoms with Crippen LogP contribution < -0.4 is 4.74 Å². The van der Waals surface area contributed by atoms with Crippen LogP contribution in [-0.2, 0) is 0 Å². The first-order valence-corrected chi connectivity index (χ1v) is 7.42. The zero-order valence-electron chi connectivity index (χ0n) is 11.3. The van der Waals surface area contributed by atoms with Gasteiger partial charge in [0.15, 0.2) is 10.7 Å². The highest BCUT2D eigenvalue weighted by Crippen LogP contribution is 2.33. The molecule has 2 aromatic carbocycles. The number of rotatable bonds is 3. The molecule has 0 spiro atoms. The number of imidazole rings is 1. The van der Waals surface area contributed by atoms with Crippen LogP contribution in [0.1, 0.15) is 10.5 Å². The van der Waals surface area contributed by atoms with Gasteiger partial charge in [0.1, 0.15) is 5.75 Å². The fraction of sp³-hybridized carbons (Fsp3) is 0. The molecule has 0 saturated carbocycles. The number of carboxylic acids is 1. The number of para-hydroxylation sites is 2. The summed E-state index contributed by atoms with van der Waals surface area (Å²) in [4.78, 5) is 16.6. The van der Waals surface area contributed by atoms with Crippen molar-refractivity contribution < 1.29 is 14.6 Å². The van der Waals surface area contributed by atoms with Crippen molar-refractivity contribution in [3.63, 3.8) is 0 Å². The Labute approximate surface area is 129 Å². The van der Waals surface area contributed by atoms with Crippen LogP contribution in [0.2, 0.25) is 0 Å². The predicted molar refractivity (Wildman–Crippen MR) is 84.1 cm³/mol. The normalized spacial score (nSPS) is 11.1. The Kier molecular flexibility index (Phi) is 2.83. The van der Waals surface area contributed by atoms with Gasteiger partial charge in [-0.2, -0.15) is 4.98 Å². The molecule has 0 aliphatic carbocycles. The van der Waals surface area contributed by atoms with Crippen LogP contribution in [0.25, 0.3) is 15.2 Å². The lowest BCUT2D eigenvalue weighted by atomic mass is 10.3. The van der Waals surface area contributed by atoms with E-state index in [1.807, 2.05) is 42.5 Å². The number of nitrogens with zero attached hydrogens (tertiary/aromatic N) is 2. The number of thiazole rings is 1. The van der Waals surface area contributed by atoms with Crippen molar-refractivity contribution >= 4 is 32.5 Å². The molecule has 108 valence electrons. The van der Waals surface area contributed by atoms with E-state index in [0.29, 0.717) is 10.7 Å². The Bertz CT molecular complexity index is 989. The number of aromatic nitrogens is 2. The molecule has 0 bridgehead atoms. The molecular formula is C16H10N2O3S. The second-order valence-corrected chi connectivity index (χ2v) is 5.68. The predicted octanol–water partition coefficient (Wildman–Crippen LogP) is 4.04. The lowest BCUT2D eigenvalue weighted by molar-refractivity contribution is 0.0687. The summed E-state index contributed by atoms with van der Waals surface area (Å²) in [6.45, 7) is 0. The lowest BCUT2D eigenvalue weighted by Gasteiger charge is -2.03. The average Bonchev–Trinajstić information content (AvgIpc) is 3.03. The molecule has 0 aliphatic heterocycles. The lowest BCUT2D eigenvalue weighted by Crippen LogP contribution is -2.03. The van der Waals surface area contributed by atoms with Gasteiger partial charge < -0.3 is 9.84 Å². The number of fused-ring (bicyclic) bond motifs is 3. The van der Waals surface area contributed by atoms with Crippen molar-refractivity contribution in [2.45, 2.75) is 0 Å². The zero-order valence-corrected chi connectivity index (χ0v) is 12.1. The molecule has 2 aromatic heterocycles. The Morgan fingerprint density at radius 2 is 1.82 bits per heavy atom. The molecule has 0 aliphatic rings. The minimum atomic E-state index is -1.07. The summed E-state index contributed by atoms with van der Waals surface area (Å²) in [5, 5.41) is 9.57. The van der Waals surface area contributed by atoms with Crippen molar-refractivity contribution in [1.82, 2.24) is 9.38 Å². The van der Waals surface area contributed by atoms with Crippen LogP contribution in [0.5, 0.6) is 11.6 Å². The van der Waals surface area contributed by atoms with Crippen molar-refractivity contribution in [3.8, 4) is 11.6 Å². The number of ether oxygens (including phenoxy) is 1. The third-order valence-electron chi connectivity index (χ3n) is 3.28. The van der Waals surface area contributed by atoms with Gasteiger partial charge in [-0.15, -0.1) is 0 Å². The maximum Gasteiger partial charge on any atom is 0.358 e.